The number of rotatable bonds is 4. The number of carbonyl (C=O) groups excluding carboxylic acids is 1. The maximum Gasteiger partial charge on any atom is 0.338 e. The molecule has 2 aromatic rings. The molecule has 0 saturated carbocycles. The number of allylic oxidation sites excluding steroid dienone is 1. The van der Waals surface area contributed by atoms with E-state index in [1.807, 2.05) is 30.3 Å². The van der Waals surface area contributed by atoms with Gasteiger partial charge in [0.05, 0.1) is 21.7 Å². The molecular formula is C19H16Cl2N2O2S. The molecule has 3 rings (SSSR count). The van der Waals surface area contributed by atoms with Gasteiger partial charge in [0.25, 0.3) is 0 Å². The number of nitrogens with one attached hydrogen (secondary N) is 2. The average Bonchev–Trinajstić information content (AvgIpc) is 2.62. The van der Waals surface area contributed by atoms with E-state index >= 15 is 0 Å². The predicted molar refractivity (Wildman–Crippen MR) is 107 cm³/mol. The lowest BCUT2D eigenvalue weighted by atomic mass is 9.96. The van der Waals surface area contributed by atoms with Gasteiger partial charge < -0.3 is 15.4 Å². The Morgan fingerprint density at radius 1 is 1.15 bits per heavy atom. The standard InChI is InChI=1S/C19H16Cl2N2O2S/c1-11-16(18(24)25-10-12-5-3-2-4-6-12)17(23-19(26)22-11)13-7-8-14(20)15(21)9-13/h2-9,17H,10H2,1H3,(H2,22,23,26)/t17-/m1/s1. The Kier molecular flexibility index (Phi) is 5.81. The van der Waals surface area contributed by atoms with Crippen molar-refractivity contribution >= 4 is 46.5 Å². The normalized spacial score (nSPS) is 16.7. The lowest BCUT2D eigenvalue weighted by Gasteiger charge is -2.30. The monoisotopic (exact) mass is 406 g/mol. The number of ether oxygens (including phenoxy) is 1. The van der Waals surface area contributed by atoms with Crippen LogP contribution in [0.4, 0.5) is 0 Å². The van der Waals surface area contributed by atoms with Gasteiger partial charge in [-0.1, -0.05) is 59.6 Å². The topological polar surface area (TPSA) is 50.4 Å². The minimum absolute atomic E-state index is 0.189. The van der Waals surface area contributed by atoms with E-state index in [0.717, 1.165) is 11.1 Å². The zero-order chi connectivity index (χ0) is 18.7. The Morgan fingerprint density at radius 2 is 1.88 bits per heavy atom. The first kappa shape index (κ1) is 18.7. The number of carbonyl (C=O) groups is 1. The Hall–Kier alpha value is -2.08. The molecule has 1 heterocycles. The molecule has 7 heteroatoms. The van der Waals surface area contributed by atoms with E-state index in [1.165, 1.54) is 0 Å². The van der Waals surface area contributed by atoms with Gasteiger partial charge in [0, 0.05) is 5.70 Å². The minimum atomic E-state index is -0.471. The molecule has 1 aliphatic heterocycles. The van der Waals surface area contributed by atoms with Crippen molar-refractivity contribution in [2.45, 2.75) is 19.6 Å². The van der Waals surface area contributed by atoms with Crippen LogP contribution in [0.3, 0.4) is 0 Å². The third kappa shape index (κ3) is 4.18. The lowest BCUT2D eigenvalue weighted by Crippen LogP contribution is -2.45. The fourth-order valence-electron chi connectivity index (χ4n) is 2.71. The van der Waals surface area contributed by atoms with Crippen molar-refractivity contribution in [1.82, 2.24) is 10.6 Å². The van der Waals surface area contributed by atoms with Crippen LogP contribution >= 0.6 is 35.4 Å². The molecule has 1 atom stereocenters. The highest BCUT2D eigenvalue weighted by atomic mass is 35.5. The Balaban J connectivity index is 1.87. The molecule has 0 unspecified atom stereocenters. The molecule has 26 heavy (non-hydrogen) atoms. The number of hydrogen-bond donors (Lipinski definition) is 2. The van der Waals surface area contributed by atoms with E-state index in [0.29, 0.717) is 26.4 Å². The van der Waals surface area contributed by atoms with Gasteiger partial charge in [-0.2, -0.15) is 0 Å². The van der Waals surface area contributed by atoms with Crippen molar-refractivity contribution in [1.29, 1.82) is 0 Å². The zero-order valence-electron chi connectivity index (χ0n) is 13.9. The smallest absolute Gasteiger partial charge is 0.338 e. The molecule has 0 bridgehead atoms. The molecule has 1 aliphatic rings. The van der Waals surface area contributed by atoms with Crippen LogP contribution in [-0.2, 0) is 16.1 Å². The molecule has 2 aromatic carbocycles. The molecule has 0 amide bonds. The number of hydrogen-bond acceptors (Lipinski definition) is 3. The molecule has 0 aliphatic carbocycles. The second kappa shape index (κ2) is 8.08. The lowest BCUT2D eigenvalue weighted by molar-refractivity contribution is -0.140. The molecule has 134 valence electrons. The van der Waals surface area contributed by atoms with Gasteiger partial charge in [0.15, 0.2) is 5.11 Å². The van der Waals surface area contributed by atoms with E-state index in [2.05, 4.69) is 10.6 Å². The van der Waals surface area contributed by atoms with Gasteiger partial charge in [-0.3, -0.25) is 0 Å². The number of thiocarbonyl (C=S) groups is 1. The summed E-state index contributed by atoms with van der Waals surface area (Å²) in [7, 11) is 0. The summed E-state index contributed by atoms with van der Waals surface area (Å²) in [5, 5.41) is 7.35. The molecule has 0 spiro atoms. The van der Waals surface area contributed by atoms with Gasteiger partial charge >= 0.3 is 5.97 Å². The van der Waals surface area contributed by atoms with Gasteiger partial charge in [0.2, 0.25) is 0 Å². The Morgan fingerprint density at radius 3 is 2.58 bits per heavy atom. The molecule has 0 radical (unpaired) electrons. The van der Waals surface area contributed by atoms with E-state index in [1.54, 1.807) is 25.1 Å². The minimum Gasteiger partial charge on any atom is -0.457 e. The van der Waals surface area contributed by atoms with Crippen LogP contribution in [-0.4, -0.2) is 11.1 Å². The highest BCUT2D eigenvalue weighted by Gasteiger charge is 2.31. The predicted octanol–water partition coefficient (Wildman–Crippen LogP) is 4.53. The first-order valence-electron chi connectivity index (χ1n) is 7.90. The fourth-order valence-corrected chi connectivity index (χ4v) is 3.28. The van der Waals surface area contributed by atoms with Crippen LogP contribution < -0.4 is 10.6 Å². The summed E-state index contributed by atoms with van der Waals surface area (Å²) in [6.07, 6.45) is 0. The van der Waals surface area contributed by atoms with E-state index < -0.39 is 12.0 Å². The highest BCUT2D eigenvalue weighted by molar-refractivity contribution is 7.80. The van der Waals surface area contributed by atoms with Gasteiger partial charge in [-0.15, -0.1) is 0 Å². The summed E-state index contributed by atoms with van der Waals surface area (Å²) in [5.41, 5.74) is 2.78. The second-order valence-corrected chi connectivity index (χ2v) is 7.03. The molecule has 4 nitrogen and oxygen atoms in total. The summed E-state index contributed by atoms with van der Waals surface area (Å²) in [6.45, 7) is 1.98. The van der Waals surface area contributed by atoms with Gasteiger partial charge in [-0.25, -0.2) is 4.79 Å². The van der Waals surface area contributed by atoms with E-state index in [4.69, 9.17) is 40.2 Å². The van der Waals surface area contributed by atoms with Crippen LogP contribution in [0.1, 0.15) is 24.1 Å². The van der Waals surface area contributed by atoms with Crippen LogP contribution in [0.15, 0.2) is 59.8 Å². The van der Waals surface area contributed by atoms with Crippen LogP contribution in [0.25, 0.3) is 0 Å². The summed E-state index contributed by atoms with van der Waals surface area (Å²) in [4.78, 5) is 12.8. The quantitative estimate of drug-likeness (QED) is 0.576. The van der Waals surface area contributed by atoms with Crippen molar-refractivity contribution < 1.29 is 9.53 Å². The molecule has 0 saturated heterocycles. The van der Waals surface area contributed by atoms with Crippen LogP contribution in [0.5, 0.6) is 0 Å². The van der Waals surface area contributed by atoms with E-state index in [9.17, 15) is 4.79 Å². The van der Waals surface area contributed by atoms with Crippen LogP contribution in [0.2, 0.25) is 10.0 Å². The first-order chi connectivity index (χ1) is 12.5. The third-order valence-electron chi connectivity index (χ3n) is 3.98. The van der Waals surface area contributed by atoms with Gasteiger partial charge in [0.1, 0.15) is 6.61 Å². The maximum atomic E-state index is 12.8. The molecule has 0 aromatic heterocycles. The summed E-state index contributed by atoms with van der Waals surface area (Å²) >= 11 is 17.4. The molecule has 0 fully saturated rings. The molecule has 2 N–H and O–H groups in total. The highest BCUT2D eigenvalue weighted by Crippen LogP contribution is 2.32. The van der Waals surface area contributed by atoms with Crippen molar-refractivity contribution in [3.8, 4) is 0 Å². The van der Waals surface area contributed by atoms with Crippen molar-refractivity contribution in [2.24, 2.45) is 0 Å². The van der Waals surface area contributed by atoms with Gasteiger partial charge in [-0.05, 0) is 42.4 Å². The number of benzene rings is 2. The van der Waals surface area contributed by atoms with Crippen molar-refractivity contribution in [3.05, 3.63) is 81.0 Å². The van der Waals surface area contributed by atoms with E-state index in [-0.39, 0.29) is 6.61 Å². The number of esters is 1. The largest absolute Gasteiger partial charge is 0.457 e. The van der Waals surface area contributed by atoms with Crippen molar-refractivity contribution in [2.75, 3.05) is 0 Å². The SMILES string of the molecule is CC1=C(C(=O)OCc2ccccc2)[C@@H](c2ccc(Cl)c(Cl)c2)NC(=S)N1. The number of halogens is 2. The summed E-state index contributed by atoms with van der Waals surface area (Å²) < 4.78 is 5.50. The van der Waals surface area contributed by atoms with Crippen LogP contribution in [0, 0.1) is 0 Å². The average molecular weight is 407 g/mol. The molecular weight excluding hydrogens is 391 g/mol. The first-order valence-corrected chi connectivity index (χ1v) is 9.06. The maximum absolute atomic E-state index is 12.8. The summed E-state index contributed by atoms with van der Waals surface area (Å²) in [5.74, 6) is -0.426. The Labute approximate surface area is 167 Å². The Bertz CT molecular complexity index is 884. The van der Waals surface area contributed by atoms with Crippen molar-refractivity contribution in [3.63, 3.8) is 0 Å². The second-order valence-electron chi connectivity index (χ2n) is 5.81. The zero-order valence-corrected chi connectivity index (χ0v) is 16.2. The summed E-state index contributed by atoms with van der Waals surface area (Å²) in [6, 6.07) is 14.2. The third-order valence-corrected chi connectivity index (χ3v) is 4.94. The fraction of sp³-hybridized carbons (Fsp3) is 0.158.